The molecule has 3 nitrogen and oxygen atoms in total. The summed E-state index contributed by atoms with van der Waals surface area (Å²) < 4.78 is 5.72. The average Bonchev–Trinajstić information content (AvgIpc) is 2.54. The zero-order valence-electron chi connectivity index (χ0n) is 10.6. The Balaban J connectivity index is 1.89. The van der Waals surface area contributed by atoms with Crippen molar-refractivity contribution in [3.63, 3.8) is 0 Å². The normalized spacial score (nSPS) is 19.6. The molecule has 0 bridgehead atoms. The molecule has 1 aliphatic carbocycles. The highest BCUT2D eigenvalue weighted by Crippen LogP contribution is 2.25. The Kier molecular flexibility index (Phi) is 4.00. The zero-order chi connectivity index (χ0) is 12.1. The van der Waals surface area contributed by atoms with Gasteiger partial charge in [-0.1, -0.05) is 31.7 Å². The molecule has 1 aliphatic rings. The maximum absolute atomic E-state index is 6.38. The predicted octanol–water partition coefficient (Wildman–Crippen LogP) is 2.82. The van der Waals surface area contributed by atoms with E-state index in [0.29, 0.717) is 12.5 Å². The quantitative estimate of drug-likeness (QED) is 0.818. The summed E-state index contributed by atoms with van der Waals surface area (Å²) in [4.78, 5) is 4.24. The largest absolute Gasteiger partial charge is 0.476 e. The third-order valence-electron chi connectivity index (χ3n) is 3.49. The van der Waals surface area contributed by atoms with Crippen LogP contribution >= 0.6 is 0 Å². The van der Waals surface area contributed by atoms with Crippen molar-refractivity contribution in [1.82, 2.24) is 4.98 Å². The van der Waals surface area contributed by atoms with Gasteiger partial charge in [0.2, 0.25) is 5.88 Å². The smallest absolute Gasteiger partial charge is 0.213 e. The van der Waals surface area contributed by atoms with E-state index in [1.807, 2.05) is 25.3 Å². The SMILES string of the molecule is Cc1ccc(OCC2(N)CCCCCC2)nc1. The van der Waals surface area contributed by atoms with E-state index in [2.05, 4.69) is 4.98 Å². The minimum atomic E-state index is -0.150. The highest BCUT2D eigenvalue weighted by atomic mass is 16.5. The van der Waals surface area contributed by atoms with Gasteiger partial charge in [0.15, 0.2) is 0 Å². The van der Waals surface area contributed by atoms with Gasteiger partial charge in [0, 0.05) is 12.3 Å². The lowest BCUT2D eigenvalue weighted by molar-refractivity contribution is 0.193. The van der Waals surface area contributed by atoms with E-state index in [-0.39, 0.29) is 5.54 Å². The van der Waals surface area contributed by atoms with Gasteiger partial charge in [0.05, 0.1) is 5.54 Å². The number of hydrogen-bond acceptors (Lipinski definition) is 3. The maximum atomic E-state index is 6.38. The van der Waals surface area contributed by atoms with Crippen LogP contribution in [0.4, 0.5) is 0 Å². The van der Waals surface area contributed by atoms with Crippen LogP contribution in [-0.2, 0) is 0 Å². The average molecular weight is 234 g/mol. The van der Waals surface area contributed by atoms with E-state index < -0.39 is 0 Å². The van der Waals surface area contributed by atoms with Gasteiger partial charge in [0.1, 0.15) is 6.61 Å². The summed E-state index contributed by atoms with van der Waals surface area (Å²) in [6, 6.07) is 3.92. The van der Waals surface area contributed by atoms with Crippen molar-refractivity contribution in [2.75, 3.05) is 6.61 Å². The molecule has 0 saturated heterocycles. The molecule has 1 saturated carbocycles. The second-order valence-electron chi connectivity index (χ2n) is 5.24. The van der Waals surface area contributed by atoms with Gasteiger partial charge in [-0.3, -0.25) is 0 Å². The van der Waals surface area contributed by atoms with Crippen LogP contribution in [0.5, 0.6) is 5.88 Å². The van der Waals surface area contributed by atoms with Crippen LogP contribution < -0.4 is 10.5 Å². The zero-order valence-corrected chi connectivity index (χ0v) is 10.6. The van der Waals surface area contributed by atoms with Crippen molar-refractivity contribution in [2.45, 2.75) is 51.0 Å². The summed E-state index contributed by atoms with van der Waals surface area (Å²) in [6.07, 6.45) is 9.02. The molecule has 0 amide bonds. The number of aromatic nitrogens is 1. The lowest BCUT2D eigenvalue weighted by Gasteiger charge is -2.27. The number of ether oxygens (including phenoxy) is 1. The molecule has 2 N–H and O–H groups in total. The molecule has 0 spiro atoms. The van der Waals surface area contributed by atoms with Crippen LogP contribution in [0.15, 0.2) is 18.3 Å². The van der Waals surface area contributed by atoms with E-state index in [4.69, 9.17) is 10.5 Å². The van der Waals surface area contributed by atoms with Crippen molar-refractivity contribution in [1.29, 1.82) is 0 Å². The van der Waals surface area contributed by atoms with E-state index in [1.165, 1.54) is 25.7 Å². The standard InChI is InChI=1S/C14H22N2O/c1-12-6-7-13(16-10-12)17-11-14(15)8-4-2-3-5-9-14/h6-7,10H,2-5,8-9,11,15H2,1H3. The molecule has 17 heavy (non-hydrogen) atoms. The van der Waals surface area contributed by atoms with Crippen molar-refractivity contribution >= 4 is 0 Å². The third-order valence-corrected chi connectivity index (χ3v) is 3.49. The van der Waals surface area contributed by atoms with Crippen LogP contribution in [0.2, 0.25) is 0 Å². The van der Waals surface area contributed by atoms with Crippen molar-refractivity contribution < 1.29 is 4.74 Å². The lowest BCUT2D eigenvalue weighted by atomic mass is 9.93. The number of aryl methyl sites for hydroxylation is 1. The Bertz CT molecular complexity index is 340. The maximum Gasteiger partial charge on any atom is 0.213 e. The highest BCUT2D eigenvalue weighted by molar-refractivity contribution is 5.16. The third kappa shape index (κ3) is 3.70. The summed E-state index contributed by atoms with van der Waals surface area (Å²) in [5.41, 5.74) is 7.38. The van der Waals surface area contributed by atoms with Crippen LogP contribution in [0.3, 0.4) is 0 Å². The van der Waals surface area contributed by atoms with E-state index >= 15 is 0 Å². The first-order valence-corrected chi connectivity index (χ1v) is 6.52. The summed E-state index contributed by atoms with van der Waals surface area (Å²) in [7, 11) is 0. The number of nitrogens with zero attached hydrogens (tertiary/aromatic N) is 1. The molecule has 1 fully saturated rings. The van der Waals surface area contributed by atoms with Crippen LogP contribution in [0.1, 0.15) is 44.1 Å². The van der Waals surface area contributed by atoms with Crippen molar-refractivity contribution in [3.8, 4) is 5.88 Å². The highest BCUT2D eigenvalue weighted by Gasteiger charge is 2.27. The first-order valence-electron chi connectivity index (χ1n) is 6.52. The topological polar surface area (TPSA) is 48.1 Å². The molecule has 1 aromatic rings. The van der Waals surface area contributed by atoms with Crippen molar-refractivity contribution in [2.24, 2.45) is 5.73 Å². The summed E-state index contributed by atoms with van der Waals surface area (Å²) in [6.45, 7) is 2.61. The molecule has 0 unspecified atom stereocenters. The molecule has 0 aromatic carbocycles. The Morgan fingerprint density at radius 3 is 2.53 bits per heavy atom. The van der Waals surface area contributed by atoms with Crippen LogP contribution in [0, 0.1) is 6.92 Å². The minimum absolute atomic E-state index is 0.150. The fourth-order valence-corrected chi connectivity index (χ4v) is 2.33. The fraction of sp³-hybridized carbons (Fsp3) is 0.643. The Morgan fingerprint density at radius 1 is 1.24 bits per heavy atom. The summed E-state index contributed by atoms with van der Waals surface area (Å²) >= 11 is 0. The predicted molar refractivity (Wildman–Crippen MR) is 69.1 cm³/mol. The molecular weight excluding hydrogens is 212 g/mol. The summed E-state index contributed by atoms with van der Waals surface area (Å²) in [5, 5.41) is 0. The fourth-order valence-electron chi connectivity index (χ4n) is 2.33. The second kappa shape index (κ2) is 5.50. The molecule has 3 heteroatoms. The molecule has 94 valence electrons. The van der Waals surface area contributed by atoms with Crippen LogP contribution in [-0.4, -0.2) is 17.1 Å². The monoisotopic (exact) mass is 234 g/mol. The van der Waals surface area contributed by atoms with E-state index in [9.17, 15) is 0 Å². The van der Waals surface area contributed by atoms with Gasteiger partial charge in [-0.15, -0.1) is 0 Å². The Labute approximate surface area is 103 Å². The molecule has 0 atom stereocenters. The Morgan fingerprint density at radius 2 is 1.94 bits per heavy atom. The lowest BCUT2D eigenvalue weighted by Crippen LogP contribution is -2.45. The van der Waals surface area contributed by atoms with Gasteiger partial charge >= 0.3 is 0 Å². The number of pyridine rings is 1. The van der Waals surface area contributed by atoms with Gasteiger partial charge < -0.3 is 10.5 Å². The molecule has 2 rings (SSSR count). The van der Waals surface area contributed by atoms with Crippen LogP contribution in [0.25, 0.3) is 0 Å². The molecule has 1 aromatic heterocycles. The first-order chi connectivity index (χ1) is 8.18. The molecular formula is C14H22N2O. The Hall–Kier alpha value is -1.09. The minimum Gasteiger partial charge on any atom is -0.476 e. The number of hydrogen-bond donors (Lipinski definition) is 1. The number of rotatable bonds is 3. The molecule has 0 aliphatic heterocycles. The van der Waals surface area contributed by atoms with E-state index in [0.717, 1.165) is 18.4 Å². The van der Waals surface area contributed by atoms with Crippen molar-refractivity contribution in [3.05, 3.63) is 23.9 Å². The molecule has 0 radical (unpaired) electrons. The van der Waals surface area contributed by atoms with Gasteiger partial charge in [-0.05, 0) is 25.3 Å². The number of nitrogens with two attached hydrogens (primary N) is 1. The van der Waals surface area contributed by atoms with E-state index in [1.54, 1.807) is 0 Å². The van der Waals surface area contributed by atoms with Gasteiger partial charge in [0.25, 0.3) is 0 Å². The van der Waals surface area contributed by atoms with Gasteiger partial charge in [-0.2, -0.15) is 0 Å². The molecule has 1 heterocycles. The summed E-state index contributed by atoms with van der Waals surface area (Å²) in [5.74, 6) is 0.685. The second-order valence-corrected chi connectivity index (χ2v) is 5.24. The first kappa shape index (κ1) is 12.4. The van der Waals surface area contributed by atoms with Gasteiger partial charge in [-0.25, -0.2) is 4.98 Å².